The van der Waals surface area contributed by atoms with Crippen LogP contribution in [0.15, 0.2) is 18.2 Å². The monoisotopic (exact) mass is 282 g/mol. The molecule has 6 heteroatoms. The number of hydrogen-bond donors (Lipinski definition) is 2. The van der Waals surface area contributed by atoms with Gasteiger partial charge in [0.2, 0.25) is 0 Å². The summed E-state index contributed by atoms with van der Waals surface area (Å²) in [6.45, 7) is 5.52. The second-order valence-corrected chi connectivity index (χ2v) is 4.65. The number of anilines is 1. The largest absolute Gasteiger partial charge is 0.481 e. The molecule has 110 valence electrons. The van der Waals surface area contributed by atoms with Crippen LogP contribution in [0.4, 0.5) is 14.9 Å². The van der Waals surface area contributed by atoms with Crippen LogP contribution < -0.4 is 5.32 Å². The zero-order valence-corrected chi connectivity index (χ0v) is 11.8. The Morgan fingerprint density at radius 1 is 1.45 bits per heavy atom. The van der Waals surface area contributed by atoms with E-state index in [2.05, 4.69) is 5.32 Å². The van der Waals surface area contributed by atoms with Crippen LogP contribution in [0.1, 0.15) is 25.8 Å². The van der Waals surface area contributed by atoms with Crippen LogP contribution in [0, 0.1) is 12.7 Å². The summed E-state index contributed by atoms with van der Waals surface area (Å²) in [5.74, 6) is -1.50. The van der Waals surface area contributed by atoms with Gasteiger partial charge in [-0.3, -0.25) is 4.79 Å². The first-order chi connectivity index (χ1) is 9.35. The highest BCUT2D eigenvalue weighted by atomic mass is 19.1. The van der Waals surface area contributed by atoms with E-state index in [1.165, 1.54) is 17.0 Å². The number of benzene rings is 1. The number of hydrogen-bond acceptors (Lipinski definition) is 2. The zero-order valence-electron chi connectivity index (χ0n) is 11.8. The molecule has 0 aromatic heterocycles. The summed E-state index contributed by atoms with van der Waals surface area (Å²) >= 11 is 0. The lowest BCUT2D eigenvalue weighted by Crippen LogP contribution is -2.42. The summed E-state index contributed by atoms with van der Waals surface area (Å²) < 4.78 is 13.6. The Morgan fingerprint density at radius 2 is 2.10 bits per heavy atom. The molecule has 0 bridgehead atoms. The minimum Gasteiger partial charge on any atom is -0.481 e. The molecular weight excluding hydrogens is 263 g/mol. The van der Waals surface area contributed by atoms with E-state index < -0.39 is 23.9 Å². The van der Waals surface area contributed by atoms with E-state index in [4.69, 9.17) is 5.11 Å². The maximum absolute atomic E-state index is 13.6. The van der Waals surface area contributed by atoms with Gasteiger partial charge in [-0.1, -0.05) is 6.07 Å². The first-order valence-corrected chi connectivity index (χ1v) is 6.40. The third kappa shape index (κ3) is 4.22. The van der Waals surface area contributed by atoms with E-state index in [-0.39, 0.29) is 12.1 Å². The minimum absolute atomic E-state index is 0.0935. The molecule has 1 aromatic carbocycles. The number of carbonyl (C=O) groups is 2. The number of carboxylic acid groups (broad SMARTS) is 1. The molecular formula is C14H19FN2O3. The summed E-state index contributed by atoms with van der Waals surface area (Å²) in [5.41, 5.74) is 0.916. The van der Waals surface area contributed by atoms with Crippen LogP contribution in [0.2, 0.25) is 0 Å². The van der Waals surface area contributed by atoms with Crippen LogP contribution in [0.5, 0.6) is 0 Å². The van der Waals surface area contributed by atoms with Gasteiger partial charge in [-0.25, -0.2) is 9.18 Å². The van der Waals surface area contributed by atoms with Crippen LogP contribution in [0.25, 0.3) is 0 Å². The van der Waals surface area contributed by atoms with Crippen molar-refractivity contribution in [2.75, 3.05) is 11.9 Å². The third-order valence-corrected chi connectivity index (χ3v) is 2.97. The number of carboxylic acids is 1. The fraction of sp³-hybridized carbons (Fsp3) is 0.429. The molecule has 1 aromatic rings. The van der Waals surface area contributed by atoms with Gasteiger partial charge in [0.05, 0.1) is 12.1 Å². The lowest BCUT2D eigenvalue weighted by atomic mass is 10.2. The van der Waals surface area contributed by atoms with Crippen LogP contribution in [0.3, 0.4) is 0 Å². The van der Waals surface area contributed by atoms with E-state index >= 15 is 0 Å². The quantitative estimate of drug-likeness (QED) is 0.872. The summed E-state index contributed by atoms with van der Waals surface area (Å²) in [6, 6.07) is 3.44. The van der Waals surface area contributed by atoms with Crippen molar-refractivity contribution >= 4 is 17.7 Å². The van der Waals surface area contributed by atoms with Gasteiger partial charge in [-0.15, -0.1) is 0 Å². The number of nitrogens with zero attached hydrogens (tertiary/aromatic N) is 1. The summed E-state index contributed by atoms with van der Waals surface area (Å²) in [4.78, 5) is 24.1. The molecule has 2 amide bonds. The standard InChI is InChI=1S/C14H19FN2O3/c1-4-17(10(3)8-13(18)19)14(20)16-12-7-9(2)5-6-11(12)15/h5-7,10H,4,8H2,1-3H3,(H,16,20)(H,18,19). The maximum atomic E-state index is 13.6. The Kier molecular flexibility index (Phi) is 5.49. The number of aliphatic carboxylic acids is 1. The van der Waals surface area contributed by atoms with Crippen LogP contribution >= 0.6 is 0 Å². The predicted molar refractivity (Wildman–Crippen MR) is 74.3 cm³/mol. The van der Waals surface area contributed by atoms with Gasteiger partial charge in [0.1, 0.15) is 5.82 Å². The predicted octanol–water partition coefficient (Wildman–Crippen LogP) is 2.85. The van der Waals surface area contributed by atoms with Crippen LogP contribution in [-0.2, 0) is 4.79 Å². The topological polar surface area (TPSA) is 69.6 Å². The molecule has 0 spiro atoms. The summed E-state index contributed by atoms with van der Waals surface area (Å²) in [6.07, 6.45) is -0.155. The number of urea groups is 1. The van der Waals surface area contributed by atoms with Crippen molar-refractivity contribution in [3.8, 4) is 0 Å². The highest BCUT2D eigenvalue weighted by Gasteiger charge is 2.21. The van der Waals surface area contributed by atoms with E-state index in [0.29, 0.717) is 6.54 Å². The van der Waals surface area contributed by atoms with Crippen molar-refractivity contribution in [3.63, 3.8) is 0 Å². The number of aryl methyl sites for hydroxylation is 1. The number of halogens is 1. The number of rotatable bonds is 5. The lowest BCUT2D eigenvalue weighted by Gasteiger charge is -2.27. The van der Waals surface area contributed by atoms with Gasteiger partial charge in [-0.05, 0) is 38.5 Å². The number of carbonyl (C=O) groups excluding carboxylic acids is 1. The van der Waals surface area contributed by atoms with E-state index in [9.17, 15) is 14.0 Å². The molecule has 5 nitrogen and oxygen atoms in total. The van der Waals surface area contributed by atoms with Gasteiger partial charge >= 0.3 is 12.0 Å². The molecule has 2 N–H and O–H groups in total. The molecule has 0 heterocycles. The SMILES string of the molecule is CCN(C(=O)Nc1cc(C)ccc1F)C(C)CC(=O)O. The Morgan fingerprint density at radius 3 is 2.65 bits per heavy atom. The molecule has 0 saturated carbocycles. The van der Waals surface area contributed by atoms with Crippen molar-refractivity contribution < 1.29 is 19.1 Å². The Bertz CT molecular complexity index is 505. The molecule has 20 heavy (non-hydrogen) atoms. The van der Waals surface area contributed by atoms with E-state index in [1.807, 2.05) is 0 Å². The van der Waals surface area contributed by atoms with Crippen molar-refractivity contribution in [1.82, 2.24) is 4.90 Å². The molecule has 0 fully saturated rings. The normalized spacial score (nSPS) is 11.8. The van der Waals surface area contributed by atoms with Gasteiger partial charge < -0.3 is 15.3 Å². The van der Waals surface area contributed by atoms with Crippen molar-refractivity contribution in [1.29, 1.82) is 0 Å². The Hall–Kier alpha value is -2.11. The molecule has 1 atom stereocenters. The molecule has 0 aliphatic carbocycles. The highest BCUT2D eigenvalue weighted by Crippen LogP contribution is 2.17. The lowest BCUT2D eigenvalue weighted by molar-refractivity contribution is -0.137. The third-order valence-electron chi connectivity index (χ3n) is 2.97. The van der Waals surface area contributed by atoms with Gasteiger partial charge in [0.25, 0.3) is 0 Å². The highest BCUT2D eigenvalue weighted by molar-refractivity contribution is 5.90. The minimum atomic E-state index is -0.981. The second kappa shape index (κ2) is 6.88. The van der Waals surface area contributed by atoms with Gasteiger partial charge in [0, 0.05) is 12.6 Å². The molecule has 1 rings (SSSR count). The smallest absolute Gasteiger partial charge is 0.322 e. The fourth-order valence-electron chi connectivity index (χ4n) is 1.94. The summed E-state index contributed by atoms with van der Waals surface area (Å²) in [7, 11) is 0. The van der Waals surface area contributed by atoms with Crippen molar-refractivity contribution in [2.24, 2.45) is 0 Å². The number of nitrogens with one attached hydrogen (secondary N) is 1. The number of amides is 2. The zero-order chi connectivity index (χ0) is 15.3. The maximum Gasteiger partial charge on any atom is 0.322 e. The molecule has 1 unspecified atom stereocenters. The molecule has 0 aliphatic rings. The van der Waals surface area contributed by atoms with E-state index in [1.54, 1.807) is 26.8 Å². The first-order valence-electron chi connectivity index (χ1n) is 6.40. The van der Waals surface area contributed by atoms with E-state index in [0.717, 1.165) is 5.56 Å². The fourth-order valence-corrected chi connectivity index (χ4v) is 1.94. The summed E-state index contributed by atoms with van der Waals surface area (Å²) in [5, 5.41) is 11.2. The Balaban J connectivity index is 2.82. The second-order valence-electron chi connectivity index (χ2n) is 4.65. The Labute approximate surface area is 117 Å². The average molecular weight is 282 g/mol. The van der Waals surface area contributed by atoms with Crippen molar-refractivity contribution in [3.05, 3.63) is 29.6 Å². The van der Waals surface area contributed by atoms with Crippen molar-refractivity contribution in [2.45, 2.75) is 33.2 Å². The van der Waals surface area contributed by atoms with Gasteiger partial charge in [0.15, 0.2) is 0 Å². The molecule has 0 radical (unpaired) electrons. The first kappa shape index (κ1) is 15.9. The average Bonchev–Trinajstić information content (AvgIpc) is 2.33. The van der Waals surface area contributed by atoms with Crippen LogP contribution in [-0.4, -0.2) is 34.6 Å². The molecule has 0 aliphatic heterocycles. The molecule has 0 saturated heterocycles. The van der Waals surface area contributed by atoms with Gasteiger partial charge in [-0.2, -0.15) is 0 Å².